The molecule has 14 heteroatoms. The van der Waals surface area contributed by atoms with Crippen LogP contribution in [0.15, 0.2) is 0 Å². The number of aliphatic hydroxyl groups excluding tert-OH is 1. The van der Waals surface area contributed by atoms with Crippen molar-refractivity contribution in [2.45, 2.75) is 63.4 Å². The van der Waals surface area contributed by atoms with Crippen molar-refractivity contribution in [1.82, 2.24) is 16.0 Å². The van der Waals surface area contributed by atoms with Crippen molar-refractivity contribution in [2.24, 2.45) is 11.5 Å². The molecule has 5 unspecified atom stereocenters. The zero-order chi connectivity index (χ0) is 23.6. The second-order valence-corrected chi connectivity index (χ2v) is 6.57. The van der Waals surface area contributed by atoms with Crippen LogP contribution in [-0.2, 0) is 28.8 Å². The molecule has 0 aromatic heterocycles. The fourth-order valence-corrected chi connectivity index (χ4v) is 2.14. The van der Waals surface area contributed by atoms with Gasteiger partial charge < -0.3 is 42.7 Å². The van der Waals surface area contributed by atoms with Gasteiger partial charge in [-0.25, -0.2) is 4.79 Å². The molecule has 0 rings (SSSR count). The summed E-state index contributed by atoms with van der Waals surface area (Å²) in [7, 11) is 0. The molecular weight excluding hydrogens is 406 g/mol. The van der Waals surface area contributed by atoms with Crippen LogP contribution in [0.5, 0.6) is 0 Å². The Balaban J connectivity index is 4.99. The van der Waals surface area contributed by atoms with Gasteiger partial charge >= 0.3 is 11.9 Å². The van der Waals surface area contributed by atoms with Crippen LogP contribution in [0.1, 0.15) is 33.1 Å². The Morgan fingerprint density at radius 2 is 1.47 bits per heavy atom. The van der Waals surface area contributed by atoms with E-state index < -0.39 is 72.3 Å². The van der Waals surface area contributed by atoms with Gasteiger partial charge in [0.25, 0.3) is 0 Å². The average molecular weight is 433 g/mol. The third-order valence-electron chi connectivity index (χ3n) is 3.84. The number of rotatable bonds is 13. The zero-order valence-electron chi connectivity index (χ0n) is 16.5. The van der Waals surface area contributed by atoms with Crippen LogP contribution in [0, 0.1) is 0 Å². The molecule has 30 heavy (non-hydrogen) atoms. The van der Waals surface area contributed by atoms with Crippen molar-refractivity contribution in [3.05, 3.63) is 0 Å². The van der Waals surface area contributed by atoms with E-state index in [2.05, 4.69) is 10.6 Å². The SMILES string of the molecule is CC(NC(=O)C(N)CCC(=O)O)C(=O)NC(C(=O)NC(CC(N)=O)C(=O)O)C(C)O. The molecule has 0 spiro atoms. The van der Waals surface area contributed by atoms with Gasteiger partial charge in [0.15, 0.2) is 0 Å². The molecule has 10 N–H and O–H groups in total. The Bertz CT molecular complexity index is 682. The van der Waals surface area contributed by atoms with Crippen LogP contribution in [0.2, 0.25) is 0 Å². The van der Waals surface area contributed by atoms with E-state index in [1.165, 1.54) is 6.92 Å². The highest BCUT2D eigenvalue weighted by atomic mass is 16.4. The van der Waals surface area contributed by atoms with E-state index in [1.54, 1.807) is 0 Å². The van der Waals surface area contributed by atoms with Crippen LogP contribution >= 0.6 is 0 Å². The minimum Gasteiger partial charge on any atom is -0.481 e. The Labute approximate surface area is 171 Å². The summed E-state index contributed by atoms with van der Waals surface area (Å²) in [5, 5.41) is 33.7. The van der Waals surface area contributed by atoms with Crippen LogP contribution in [-0.4, -0.2) is 81.2 Å². The topological polar surface area (TPSA) is 251 Å². The van der Waals surface area contributed by atoms with Gasteiger partial charge in [-0.15, -0.1) is 0 Å². The maximum atomic E-state index is 12.3. The average Bonchev–Trinajstić information content (AvgIpc) is 2.61. The fraction of sp³-hybridized carbons (Fsp3) is 0.625. The molecule has 0 bridgehead atoms. The van der Waals surface area contributed by atoms with Gasteiger partial charge in [0.1, 0.15) is 18.1 Å². The molecule has 0 aliphatic heterocycles. The lowest BCUT2D eigenvalue weighted by atomic mass is 10.1. The van der Waals surface area contributed by atoms with Gasteiger partial charge in [0.05, 0.1) is 18.6 Å². The Morgan fingerprint density at radius 3 is 1.90 bits per heavy atom. The molecule has 0 radical (unpaired) electrons. The lowest BCUT2D eigenvalue weighted by Crippen LogP contribution is -2.59. The number of carbonyl (C=O) groups excluding carboxylic acids is 4. The number of hydrogen-bond acceptors (Lipinski definition) is 8. The highest BCUT2D eigenvalue weighted by molar-refractivity contribution is 5.95. The van der Waals surface area contributed by atoms with Crippen molar-refractivity contribution < 1.29 is 44.1 Å². The number of hydrogen-bond donors (Lipinski definition) is 8. The number of nitrogens with two attached hydrogens (primary N) is 2. The number of carboxylic acid groups (broad SMARTS) is 2. The summed E-state index contributed by atoms with van der Waals surface area (Å²) in [4.78, 5) is 68.9. The first-order chi connectivity index (χ1) is 13.8. The van der Waals surface area contributed by atoms with E-state index in [9.17, 15) is 33.9 Å². The summed E-state index contributed by atoms with van der Waals surface area (Å²) in [5.41, 5.74) is 10.4. The molecule has 4 amide bonds. The van der Waals surface area contributed by atoms with Crippen molar-refractivity contribution >= 4 is 35.6 Å². The summed E-state index contributed by atoms with van der Waals surface area (Å²) in [6, 6.07) is -5.68. The predicted molar refractivity (Wildman–Crippen MR) is 99.4 cm³/mol. The van der Waals surface area contributed by atoms with E-state index >= 15 is 0 Å². The molecule has 0 saturated carbocycles. The summed E-state index contributed by atoms with van der Waals surface area (Å²) in [5.74, 6) is -6.49. The third kappa shape index (κ3) is 9.79. The normalized spacial score (nSPS) is 15.6. The monoisotopic (exact) mass is 433 g/mol. The fourth-order valence-electron chi connectivity index (χ4n) is 2.14. The molecule has 0 aliphatic carbocycles. The summed E-state index contributed by atoms with van der Waals surface area (Å²) >= 11 is 0. The Hall–Kier alpha value is -3.26. The maximum Gasteiger partial charge on any atom is 0.326 e. The van der Waals surface area contributed by atoms with Gasteiger partial charge in [-0.05, 0) is 20.3 Å². The molecule has 5 atom stereocenters. The lowest BCUT2D eigenvalue weighted by Gasteiger charge is -2.25. The molecule has 0 aliphatic rings. The zero-order valence-corrected chi connectivity index (χ0v) is 16.5. The van der Waals surface area contributed by atoms with E-state index in [0.717, 1.165) is 6.92 Å². The van der Waals surface area contributed by atoms with Crippen LogP contribution < -0.4 is 27.4 Å². The van der Waals surface area contributed by atoms with E-state index in [4.69, 9.17) is 21.7 Å². The minimum absolute atomic E-state index is 0.162. The second kappa shape index (κ2) is 12.3. The molecule has 0 saturated heterocycles. The maximum absolute atomic E-state index is 12.3. The molecule has 0 aromatic rings. The van der Waals surface area contributed by atoms with E-state index in [1.807, 2.05) is 5.32 Å². The Morgan fingerprint density at radius 1 is 0.900 bits per heavy atom. The molecule has 0 aromatic carbocycles. The second-order valence-electron chi connectivity index (χ2n) is 6.57. The molecular formula is C16H27N5O9. The number of carboxylic acids is 2. The molecule has 170 valence electrons. The third-order valence-corrected chi connectivity index (χ3v) is 3.84. The van der Waals surface area contributed by atoms with Crippen molar-refractivity contribution in [3.8, 4) is 0 Å². The van der Waals surface area contributed by atoms with E-state index in [0.29, 0.717) is 0 Å². The number of primary amides is 1. The predicted octanol–water partition coefficient (Wildman–Crippen LogP) is -4.01. The number of carbonyl (C=O) groups is 6. The number of aliphatic hydroxyl groups is 1. The van der Waals surface area contributed by atoms with Gasteiger partial charge in [-0.2, -0.15) is 0 Å². The number of nitrogens with one attached hydrogen (secondary N) is 3. The van der Waals surface area contributed by atoms with Gasteiger partial charge in [-0.3, -0.25) is 24.0 Å². The van der Waals surface area contributed by atoms with Gasteiger partial charge in [-0.1, -0.05) is 0 Å². The standard InChI is InChI=1S/C16H27N5O9/c1-6(19-14(27)8(17)3-4-11(24)25)13(26)21-12(7(2)22)15(28)20-9(16(29)30)5-10(18)23/h6-9,12,22H,3-5,17H2,1-2H3,(H2,18,23)(H,19,27)(H,20,28)(H,21,26)(H,24,25)(H,29,30). The number of aliphatic carboxylic acids is 2. The number of amides is 4. The molecule has 0 heterocycles. The Kier molecular flexibility index (Phi) is 11.0. The van der Waals surface area contributed by atoms with Crippen molar-refractivity contribution in [3.63, 3.8) is 0 Å². The lowest BCUT2D eigenvalue weighted by molar-refractivity contribution is -0.144. The summed E-state index contributed by atoms with van der Waals surface area (Å²) in [6.45, 7) is 2.40. The molecule has 14 nitrogen and oxygen atoms in total. The summed E-state index contributed by atoms with van der Waals surface area (Å²) in [6.07, 6.45) is -2.68. The first-order valence-corrected chi connectivity index (χ1v) is 8.83. The van der Waals surface area contributed by atoms with Crippen LogP contribution in [0.3, 0.4) is 0 Å². The smallest absolute Gasteiger partial charge is 0.326 e. The minimum atomic E-state index is -1.67. The highest BCUT2D eigenvalue weighted by Gasteiger charge is 2.32. The molecule has 0 fully saturated rings. The van der Waals surface area contributed by atoms with Gasteiger partial charge in [0.2, 0.25) is 23.6 Å². The first kappa shape index (κ1) is 26.7. The van der Waals surface area contributed by atoms with Crippen molar-refractivity contribution in [2.75, 3.05) is 0 Å². The largest absolute Gasteiger partial charge is 0.481 e. The van der Waals surface area contributed by atoms with Crippen LogP contribution in [0.4, 0.5) is 0 Å². The van der Waals surface area contributed by atoms with E-state index in [-0.39, 0.29) is 12.8 Å². The van der Waals surface area contributed by atoms with Crippen molar-refractivity contribution in [1.29, 1.82) is 0 Å². The van der Waals surface area contributed by atoms with Gasteiger partial charge in [0, 0.05) is 6.42 Å². The quantitative estimate of drug-likeness (QED) is 0.140. The summed E-state index contributed by atoms with van der Waals surface area (Å²) < 4.78 is 0. The highest BCUT2D eigenvalue weighted by Crippen LogP contribution is 2.00. The first-order valence-electron chi connectivity index (χ1n) is 8.83. The van der Waals surface area contributed by atoms with Crippen LogP contribution in [0.25, 0.3) is 0 Å².